The topological polar surface area (TPSA) is 70.9 Å². The van der Waals surface area contributed by atoms with Gasteiger partial charge in [0.2, 0.25) is 0 Å². The molecule has 0 unspecified atom stereocenters. The minimum atomic E-state index is -0.873. The molecule has 0 aliphatic carbocycles. The summed E-state index contributed by atoms with van der Waals surface area (Å²) < 4.78 is 1.66. The van der Waals surface area contributed by atoms with Gasteiger partial charge >= 0.3 is 5.97 Å². The van der Waals surface area contributed by atoms with Crippen molar-refractivity contribution >= 4 is 16.9 Å². The van der Waals surface area contributed by atoms with Crippen LogP contribution < -0.4 is 0 Å². The summed E-state index contributed by atoms with van der Waals surface area (Å²) in [5, 5.41) is 14.4. The predicted molar refractivity (Wildman–Crippen MR) is 76.6 cm³/mol. The van der Waals surface area contributed by atoms with Crippen molar-refractivity contribution in [1.82, 2.24) is 14.8 Å². The van der Waals surface area contributed by atoms with Gasteiger partial charge in [-0.15, -0.1) is 0 Å². The molecule has 2 aromatic heterocycles. The van der Waals surface area contributed by atoms with Gasteiger partial charge in [-0.1, -0.05) is 18.2 Å². The van der Waals surface area contributed by atoms with E-state index in [1.807, 2.05) is 37.4 Å². The van der Waals surface area contributed by atoms with E-state index >= 15 is 0 Å². The molecule has 2 heterocycles. The lowest BCUT2D eigenvalue weighted by atomic mass is 10.0. The molecule has 5 nitrogen and oxygen atoms in total. The van der Waals surface area contributed by atoms with Crippen LogP contribution in [0.1, 0.15) is 11.4 Å². The number of aryl methyl sites for hydroxylation is 2. The van der Waals surface area contributed by atoms with Gasteiger partial charge in [0.15, 0.2) is 0 Å². The van der Waals surface area contributed by atoms with E-state index in [2.05, 4.69) is 10.1 Å². The van der Waals surface area contributed by atoms with E-state index in [-0.39, 0.29) is 6.42 Å². The number of benzene rings is 1. The second-order valence-electron chi connectivity index (χ2n) is 4.90. The molecule has 3 rings (SSSR count). The first-order valence-corrected chi connectivity index (χ1v) is 6.38. The van der Waals surface area contributed by atoms with Crippen molar-refractivity contribution in [2.24, 2.45) is 7.05 Å². The Hall–Kier alpha value is -2.56. The Morgan fingerprint density at radius 2 is 2.15 bits per heavy atom. The molecule has 0 fully saturated rings. The average Bonchev–Trinajstić information content (AvgIpc) is 2.87. The van der Waals surface area contributed by atoms with Gasteiger partial charge in [0.05, 0.1) is 12.1 Å². The first-order valence-electron chi connectivity index (χ1n) is 6.38. The Labute approximate surface area is 115 Å². The molecule has 0 saturated heterocycles. The zero-order valence-electron chi connectivity index (χ0n) is 11.3. The average molecular weight is 269 g/mol. The Bertz CT molecular complexity index is 799. The van der Waals surface area contributed by atoms with Crippen LogP contribution in [0.15, 0.2) is 30.5 Å². The van der Waals surface area contributed by atoms with E-state index < -0.39 is 5.97 Å². The number of carboxylic acids is 1. The number of fused-ring (bicyclic) bond motifs is 1. The second kappa shape index (κ2) is 4.52. The fraction of sp³-hybridized carbons (Fsp3) is 0.200. The minimum absolute atomic E-state index is 0.0743. The van der Waals surface area contributed by atoms with E-state index in [1.54, 1.807) is 11.7 Å². The zero-order valence-corrected chi connectivity index (χ0v) is 11.3. The lowest BCUT2D eigenvalue weighted by Crippen LogP contribution is -2.02. The standard InChI is InChI=1S/C15H15N3O2/c1-9-15(10-5-3-4-6-12(10)16-9)11-8-18(2)17-13(11)7-14(19)20/h3-6,8,16H,7H2,1-2H3,(H,19,20). The maximum absolute atomic E-state index is 11.0. The van der Waals surface area contributed by atoms with Crippen molar-refractivity contribution in [3.8, 4) is 11.1 Å². The summed E-state index contributed by atoms with van der Waals surface area (Å²) in [4.78, 5) is 14.3. The maximum atomic E-state index is 11.0. The predicted octanol–water partition coefficient (Wildman–Crippen LogP) is 2.50. The minimum Gasteiger partial charge on any atom is -0.481 e. The van der Waals surface area contributed by atoms with Crippen LogP contribution in [-0.4, -0.2) is 25.8 Å². The van der Waals surface area contributed by atoms with Crippen molar-refractivity contribution in [3.63, 3.8) is 0 Å². The van der Waals surface area contributed by atoms with Gasteiger partial charge in [0.25, 0.3) is 0 Å². The fourth-order valence-corrected chi connectivity index (χ4v) is 2.64. The van der Waals surface area contributed by atoms with Crippen molar-refractivity contribution in [1.29, 1.82) is 0 Å². The number of hydrogen-bond donors (Lipinski definition) is 2. The number of carboxylic acid groups (broad SMARTS) is 1. The van der Waals surface area contributed by atoms with Crippen LogP contribution in [0.2, 0.25) is 0 Å². The Morgan fingerprint density at radius 1 is 1.40 bits per heavy atom. The molecule has 102 valence electrons. The first kappa shape index (κ1) is 12.5. The summed E-state index contributed by atoms with van der Waals surface area (Å²) in [5.41, 5.74) is 4.57. The molecule has 0 radical (unpaired) electrons. The monoisotopic (exact) mass is 269 g/mol. The molecule has 20 heavy (non-hydrogen) atoms. The van der Waals surface area contributed by atoms with Crippen molar-refractivity contribution < 1.29 is 9.90 Å². The molecule has 2 N–H and O–H groups in total. The number of H-pyrrole nitrogens is 1. The van der Waals surface area contributed by atoms with Crippen LogP contribution in [0.25, 0.3) is 22.0 Å². The molecule has 5 heteroatoms. The third-order valence-corrected chi connectivity index (χ3v) is 3.39. The smallest absolute Gasteiger partial charge is 0.309 e. The molecule has 0 bridgehead atoms. The van der Waals surface area contributed by atoms with Crippen LogP contribution in [0, 0.1) is 6.92 Å². The van der Waals surface area contributed by atoms with E-state index in [9.17, 15) is 4.79 Å². The number of carbonyl (C=O) groups is 1. The summed E-state index contributed by atoms with van der Waals surface area (Å²) in [6, 6.07) is 8.00. The van der Waals surface area contributed by atoms with Gasteiger partial charge in [0.1, 0.15) is 0 Å². The molecule has 0 aliphatic rings. The number of nitrogens with zero attached hydrogens (tertiary/aromatic N) is 2. The Balaban J connectivity index is 2.25. The molecular weight excluding hydrogens is 254 g/mol. The summed E-state index contributed by atoms with van der Waals surface area (Å²) in [7, 11) is 1.80. The van der Waals surface area contributed by atoms with Gasteiger partial charge < -0.3 is 10.1 Å². The molecular formula is C15H15N3O2. The highest BCUT2D eigenvalue weighted by molar-refractivity contribution is 5.98. The van der Waals surface area contributed by atoms with Crippen LogP contribution >= 0.6 is 0 Å². The maximum Gasteiger partial charge on any atom is 0.309 e. The number of aliphatic carboxylic acids is 1. The normalized spacial score (nSPS) is 11.1. The second-order valence-corrected chi connectivity index (χ2v) is 4.90. The Morgan fingerprint density at radius 3 is 2.90 bits per heavy atom. The van der Waals surface area contributed by atoms with Gasteiger partial charge in [0, 0.05) is 41.0 Å². The Kier molecular flexibility index (Phi) is 2.82. The summed E-state index contributed by atoms with van der Waals surface area (Å²) >= 11 is 0. The molecule has 0 aliphatic heterocycles. The van der Waals surface area contributed by atoms with Gasteiger partial charge in [-0.2, -0.15) is 5.10 Å². The van der Waals surface area contributed by atoms with Gasteiger partial charge in [-0.25, -0.2) is 0 Å². The third kappa shape index (κ3) is 1.97. The SMILES string of the molecule is Cc1[nH]c2ccccc2c1-c1cn(C)nc1CC(=O)O. The lowest BCUT2D eigenvalue weighted by molar-refractivity contribution is -0.136. The van der Waals surface area contributed by atoms with Gasteiger partial charge in [-0.05, 0) is 13.0 Å². The number of rotatable bonds is 3. The summed E-state index contributed by atoms with van der Waals surface area (Å²) in [5.74, 6) is -0.873. The van der Waals surface area contributed by atoms with E-state index in [0.29, 0.717) is 5.69 Å². The third-order valence-electron chi connectivity index (χ3n) is 3.39. The molecule has 3 aromatic rings. The summed E-state index contributed by atoms with van der Waals surface area (Å²) in [6.07, 6.45) is 1.80. The molecule has 0 spiro atoms. The molecule has 0 saturated carbocycles. The van der Waals surface area contributed by atoms with E-state index in [1.165, 1.54) is 0 Å². The quantitative estimate of drug-likeness (QED) is 0.767. The van der Waals surface area contributed by atoms with Crippen LogP contribution in [0.5, 0.6) is 0 Å². The summed E-state index contributed by atoms with van der Waals surface area (Å²) in [6.45, 7) is 1.99. The molecule has 0 atom stereocenters. The fourth-order valence-electron chi connectivity index (χ4n) is 2.64. The molecule has 0 amide bonds. The van der Waals surface area contributed by atoms with Crippen LogP contribution in [-0.2, 0) is 18.3 Å². The van der Waals surface area contributed by atoms with Crippen LogP contribution in [0.3, 0.4) is 0 Å². The van der Waals surface area contributed by atoms with Crippen molar-refractivity contribution in [2.75, 3.05) is 0 Å². The number of para-hydroxylation sites is 1. The highest BCUT2D eigenvalue weighted by Crippen LogP contribution is 2.33. The van der Waals surface area contributed by atoms with E-state index in [0.717, 1.165) is 27.7 Å². The number of hydrogen-bond acceptors (Lipinski definition) is 2. The van der Waals surface area contributed by atoms with Crippen molar-refractivity contribution in [3.05, 3.63) is 41.9 Å². The van der Waals surface area contributed by atoms with Crippen LogP contribution in [0.4, 0.5) is 0 Å². The first-order chi connectivity index (χ1) is 9.56. The zero-order chi connectivity index (χ0) is 14.3. The van der Waals surface area contributed by atoms with Crippen molar-refractivity contribution in [2.45, 2.75) is 13.3 Å². The number of aromatic amines is 1. The van der Waals surface area contributed by atoms with Gasteiger partial charge in [-0.3, -0.25) is 9.48 Å². The van der Waals surface area contributed by atoms with E-state index in [4.69, 9.17) is 5.11 Å². The lowest BCUT2D eigenvalue weighted by Gasteiger charge is -2.01. The highest BCUT2D eigenvalue weighted by atomic mass is 16.4. The number of aromatic nitrogens is 3. The highest BCUT2D eigenvalue weighted by Gasteiger charge is 2.18. The number of nitrogens with one attached hydrogen (secondary N) is 1. The molecule has 1 aromatic carbocycles. The largest absolute Gasteiger partial charge is 0.481 e.